The lowest BCUT2D eigenvalue weighted by Crippen LogP contribution is -1.85. The second kappa shape index (κ2) is 26.5. The zero-order chi connectivity index (χ0) is 17.6. The van der Waals surface area contributed by atoms with E-state index >= 15 is 0 Å². The lowest BCUT2D eigenvalue weighted by molar-refractivity contribution is 0.526. The Morgan fingerprint density at radius 2 is 0.680 bits per heavy atom. The van der Waals surface area contributed by atoms with Crippen molar-refractivity contribution in [1.82, 2.24) is 6.15 Å². The van der Waals surface area contributed by atoms with E-state index < -0.39 is 0 Å². The van der Waals surface area contributed by atoms with E-state index in [1.165, 1.54) is 134 Å². The molecule has 0 aliphatic rings. The van der Waals surface area contributed by atoms with Gasteiger partial charge in [0.1, 0.15) is 0 Å². The molecule has 154 valence electrons. The molecule has 0 aliphatic heterocycles. The highest BCUT2D eigenvalue weighted by atomic mass is 32.2. The molecular weight excluding hydrogens is 322 g/mol. The first-order valence-electron chi connectivity index (χ1n) is 11.5. The van der Waals surface area contributed by atoms with Gasteiger partial charge in [-0.15, -0.1) is 0 Å². The van der Waals surface area contributed by atoms with Gasteiger partial charge in [-0.3, -0.25) is 0 Å². The van der Waals surface area contributed by atoms with Gasteiger partial charge in [0.25, 0.3) is 0 Å². The molecule has 25 heavy (non-hydrogen) atoms. The summed E-state index contributed by atoms with van der Waals surface area (Å²) in [4.78, 5) is 0. The monoisotopic (exact) mass is 373 g/mol. The van der Waals surface area contributed by atoms with Crippen LogP contribution in [0.1, 0.15) is 136 Å². The lowest BCUT2D eigenvalue weighted by atomic mass is 10.0. The second-order valence-corrected chi connectivity index (χ2v) is 8.85. The Morgan fingerprint density at radius 3 is 1.00 bits per heavy atom. The minimum Gasteiger partial charge on any atom is -0.344 e. The van der Waals surface area contributed by atoms with Gasteiger partial charge in [-0.05, 0) is 24.3 Å². The minimum atomic E-state index is 0. The van der Waals surface area contributed by atoms with Crippen molar-refractivity contribution in [2.24, 2.45) is 0 Å². The van der Waals surface area contributed by atoms with Crippen molar-refractivity contribution in [3.8, 4) is 0 Å². The topological polar surface area (TPSA) is 35.0 Å². The van der Waals surface area contributed by atoms with E-state index in [0.29, 0.717) is 0 Å². The highest BCUT2D eigenvalue weighted by Crippen LogP contribution is 2.15. The summed E-state index contributed by atoms with van der Waals surface area (Å²) in [7, 11) is 0. The van der Waals surface area contributed by atoms with Crippen LogP contribution in [0.5, 0.6) is 0 Å². The third kappa shape index (κ3) is 26.6. The summed E-state index contributed by atoms with van der Waals surface area (Å²) in [5, 5.41) is 0. The van der Waals surface area contributed by atoms with E-state index in [1.54, 1.807) is 0 Å². The maximum atomic E-state index is 2.30. The first-order chi connectivity index (χ1) is 11.9. The fourth-order valence-electron chi connectivity index (χ4n) is 3.35. The number of thioether (sulfide) groups is 1. The zero-order valence-electron chi connectivity index (χ0n) is 18.0. The molecule has 0 aromatic carbocycles. The van der Waals surface area contributed by atoms with Gasteiger partial charge in [0.05, 0.1) is 0 Å². The molecule has 0 fully saturated rings. The molecule has 0 aromatic rings. The Morgan fingerprint density at radius 1 is 0.360 bits per heavy atom. The van der Waals surface area contributed by atoms with Crippen LogP contribution in [-0.4, -0.2) is 11.5 Å². The van der Waals surface area contributed by atoms with Crippen molar-refractivity contribution in [2.45, 2.75) is 136 Å². The predicted molar refractivity (Wildman–Crippen MR) is 121 cm³/mol. The highest BCUT2D eigenvalue weighted by molar-refractivity contribution is 7.99. The van der Waals surface area contributed by atoms with Crippen molar-refractivity contribution in [3.05, 3.63) is 0 Å². The zero-order valence-corrected chi connectivity index (χ0v) is 18.8. The Bertz CT molecular complexity index is 186. The molecule has 0 spiro atoms. The molecule has 0 bridgehead atoms. The smallest absolute Gasteiger partial charge is 0.00675 e. The predicted octanol–water partition coefficient (Wildman–Crippen LogP) is 9.33. The van der Waals surface area contributed by atoms with E-state index in [2.05, 4.69) is 25.6 Å². The van der Waals surface area contributed by atoms with Gasteiger partial charge in [0.2, 0.25) is 0 Å². The van der Waals surface area contributed by atoms with Crippen LogP contribution in [0, 0.1) is 0 Å². The Hall–Kier alpha value is 0.310. The van der Waals surface area contributed by atoms with Crippen molar-refractivity contribution >= 4 is 11.8 Å². The van der Waals surface area contributed by atoms with E-state index in [0.717, 1.165) is 0 Å². The molecule has 0 amide bonds. The van der Waals surface area contributed by atoms with Crippen LogP contribution in [0.3, 0.4) is 0 Å². The van der Waals surface area contributed by atoms with E-state index in [1.807, 2.05) is 0 Å². The van der Waals surface area contributed by atoms with Crippen LogP contribution in [-0.2, 0) is 0 Å². The summed E-state index contributed by atoms with van der Waals surface area (Å²) in [6, 6.07) is 0. The first-order valence-corrected chi connectivity index (χ1v) is 12.6. The van der Waals surface area contributed by atoms with Crippen LogP contribution in [0.4, 0.5) is 0 Å². The molecule has 0 radical (unpaired) electrons. The van der Waals surface area contributed by atoms with Crippen molar-refractivity contribution < 1.29 is 0 Å². The molecular formula is C23H51NS. The third-order valence-corrected chi connectivity index (χ3v) is 6.26. The molecule has 3 N–H and O–H groups in total. The van der Waals surface area contributed by atoms with Gasteiger partial charge >= 0.3 is 0 Å². The highest BCUT2D eigenvalue weighted by Gasteiger charge is 1.95. The standard InChI is InChI=1S/C23H48S.H3N/c1-3-5-6-7-8-9-10-11-12-13-14-15-16-17-18-19-20-21-23-24-22-4-2;/h3-23H2,1-2H3;1H3. The quantitative estimate of drug-likeness (QED) is 0.203. The molecule has 1 nitrogen and oxygen atoms in total. The van der Waals surface area contributed by atoms with Gasteiger partial charge in [0, 0.05) is 0 Å². The summed E-state index contributed by atoms with van der Waals surface area (Å²) in [6.45, 7) is 4.58. The molecule has 0 unspecified atom stereocenters. The molecule has 0 heterocycles. The number of hydrogen-bond donors (Lipinski definition) is 1. The molecule has 0 saturated carbocycles. The van der Waals surface area contributed by atoms with Gasteiger partial charge in [0.15, 0.2) is 0 Å². The number of hydrogen-bond acceptors (Lipinski definition) is 2. The summed E-state index contributed by atoms with van der Waals surface area (Å²) >= 11 is 2.14. The largest absolute Gasteiger partial charge is 0.344 e. The minimum absolute atomic E-state index is 0. The van der Waals surface area contributed by atoms with E-state index in [4.69, 9.17) is 0 Å². The van der Waals surface area contributed by atoms with Crippen molar-refractivity contribution in [2.75, 3.05) is 11.5 Å². The first kappa shape index (κ1) is 27.5. The number of unbranched alkanes of at least 4 members (excludes halogenated alkanes) is 17. The number of rotatable bonds is 21. The van der Waals surface area contributed by atoms with Gasteiger partial charge in [-0.2, -0.15) is 11.8 Å². The fraction of sp³-hybridized carbons (Fsp3) is 1.00. The average molecular weight is 374 g/mol. The SMILES string of the molecule is CCCCCCCCCCCCCCCCCCCCSCCC.N. The molecule has 0 aliphatic carbocycles. The Labute approximate surface area is 165 Å². The van der Waals surface area contributed by atoms with Crippen molar-refractivity contribution in [3.63, 3.8) is 0 Å². The molecule has 0 aromatic heterocycles. The average Bonchev–Trinajstić information content (AvgIpc) is 2.60. The maximum absolute atomic E-state index is 2.30. The van der Waals surface area contributed by atoms with E-state index in [-0.39, 0.29) is 6.15 Å². The summed E-state index contributed by atoms with van der Waals surface area (Å²) in [5.41, 5.74) is 0. The Balaban J connectivity index is 0. The third-order valence-electron chi connectivity index (χ3n) is 4.99. The van der Waals surface area contributed by atoms with Crippen LogP contribution in [0.2, 0.25) is 0 Å². The lowest BCUT2D eigenvalue weighted by Gasteiger charge is -2.04. The van der Waals surface area contributed by atoms with Crippen molar-refractivity contribution in [1.29, 1.82) is 0 Å². The summed E-state index contributed by atoms with van der Waals surface area (Å²) < 4.78 is 0. The normalized spacial score (nSPS) is 10.8. The van der Waals surface area contributed by atoms with Gasteiger partial charge in [-0.1, -0.05) is 123 Å². The van der Waals surface area contributed by atoms with Crippen LogP contribution < -0.4 is 6.15 Å². The van der Waals surface area contributed by atoms with Crippen LogP contribution in [0.15, 0.2) is 0 Å². The molecule has 0 atom stereocenters. The fourth-order valence-corrected chi connectivity index (χ4v) is 4.25. The molecule has 2 heteroatoms. The molecule has 0 rings (SSSR count). The van der Waals surface area contributed by atoms with Gasteiger partial charge < -0.3 is 6.15 Å². The Kier molecular flexibility index (Phi) is 29.2. The maximum Gasteiger partial charge on any atom is -0.00675 e. The molecule has 0 saturated heterocycles. The summed E-state index contributed by atoms with van der Waals surface area (Å²) in [6.07, 6.45) is 27.9. The van der Waals surface area contributed by atoms with Crippen LogP contribution in [0.25, 0.3) is 0 Å². The summed E-state index contributed by atoms with van der Waals surface area (Å²) in [5.74, 6) is 2.76. The second-order valence-electron chi connectivity index (χ2n) is 7.62. The van der Waals surface area contributed by atoms with Crippen LogP contribution >= 0.6 is 11.8 Å². The van der Waals surface area contributed by atoms with Gasteiger partial charge in [-0.25, -0.2) is 0 Å². The van der Waals surface area contributed by atoms with E-state index in [9.17, 15) is 0 Å².